The highest BCUT2D eigenvalue weighted by molar-refractivity contribution is 5.18. The van der Waals surface area contributed by atoms with Crippen molar-refractivity contribution in [2.45, 2.75) is 13.1 Å². The Morgan fingerprint density at radius 1 is 1.33 bits per heavy atom. The molecule has 2 aromatic rings. The maximum Gasteiger partial charge on any atom is 0.315 e. The van der Waals surface area contributed by atoms with Crippen molar-refractivity contribution in [3.8, 4) is 0 Å². The molecule has 2 rings (SSSR count). The van der Waals surface area contributed by atoms with Crippen LogP contribution in [0.15, 0.2) is 21.3 Å². The number of anilines is 1. The van der Waals surface area contributed by atoms with Gasteiger partial charge in [0.15, 0.2) is 0 Å². The number of hydrogen-bond acceptors (Lipinski definition) is 7. The largest absolute Gasteiger partial charge is 0.407 e. The second kappa shape index (κ2) is 4.56. The molecule has 0 unspecified atom stereocenters. The Morgan fingerprint density at radius 2 is 2.27 bits per heavy atom. The molecule has 2 heterocycles. The fourth-order valence-electron chi connectivity index (χ4n) is 1.04. The van der Waals surface area contributed by atoms with Crippen molar-refractivity contribution in [2.24, 2.45) is 0 Å². The smallest absolute Gasteiger partial charge is 0.315 e. The molecule has 0 amide bonds. The maximum absolute atomic E-state index is 5.27. The van der Waals surface area contributed by atoms with E-state index in [0.29, 0.717) is 25.0 Å². The molecule has 80 valence electrons. The minimum absolute atomic E-state index is 0.378. The van der Waals surface area contributed by atoms with Crippen LogP contribution in [0.25, 0.3) is 0 Å². The highest BCUT2D eigenvalue weighted by atomic mass is 16.5. The number of rotatable bonds is 5. The lowest BCUT2D eigenvalue weighted by molar-refractivity contribution is 0.412. The summed E-state index contributed by atoms with van der Waals surface area (Å²) in [4.78, 5) is 0. The van der Waals surface area contributed by atoms with Gasteiger partial charge in [-0.3, -0.25) is 0 Å². The SMILES string of the molecule is CNCc1nnc(NCc2ccon2)o1. The summed E-state index contributed by atoms with van der Waals surface area (Å²) in [7, 11) is 1.81. The zero-order chi connectivity index (χ0) is 10.5. The van der Waals surface area contributed by atoms with Crippen molar-refractivity contribution in [3.05, 3.63) is 23.9 Å². The predicted molar refractivity (Wildman–Crippen MR) is 50.9 cm³/mol. The summed E-state index contributed by atoms with van der Waals surface area (Å²) >= 11 is 0. The van der Waals surface area contributed by atoms with Crippen LogP contribution in [0.1, 0.15) is 11.6 Å². The van der Waals surface area contributed by atoms with Crippen LogP contribution in [0.3, 0.4) is 0 Å². The summed E-state index contributed by atoms with van der Waals surface area (Å²) in [5, 5.41) is 17.2. The Labute approximate surface area is 85.9 Å². The van der Waals surface area contributed by atoms with Crippen LogP contribution in [0.5, 0.6) is 0 Å². The summed E-state index contributed by atoms with van der Waals surface area (Å²) in [5.41, 5.74) is 0.781. The van der Waals surface area contributed by atoms with E-state index in [1.54, 1.807) is 6.07 Å². The van der Waals surface area contributed by atoms with Gasteiger partial charge in [-0.05, 0) is 7.05 Å². The minimum atomic E-state index is 0.378. The van der Waals surface area contributed by atoms with Crippen molar-refractivity contribution >= 4 is 6.01 Å². The molecular weight excluding hydrogens is 198 g/mol. The number of hydrogen-bond donors (Lipinski definition) is 2. The fraction of sp³-hybridized carbons (Fsp3) is 0.375. The van der Waals surface area contributed by atoms with Crippen LogP contribution < -0.4 is 10.6 Å². The van der Waals surface area contributed by atoms with E-state index in [9.17, 15) is 0 Å². The molecule has 0 radical (unpaired) electrons. The lowest BCUT2D eigenvalue weighted by Gasteiger charge is -1.95. The molecular formula is C8H11N5O2. The van der Waals surface area contributed by atoms with E-state index in [1.807, 2.05) is 7.05 Å². The molecule has 0 spiro atoms. The molecule has 0 aliphatic heterocycles. The highest BCUT2D eigenvalue weighted by Gasteiger charge is 2.04. The summed E-state index contributed by atoms with van der Waals surface area (Å²) in [6, 6.07) is 2.14. The van der Waals surface area contributed by atoms with Crippen molar-refractivity contribution in [1.29, 1.82) is 0 Å². The van der Waals surface area contributed by atoms with Gasteiger partial charge in [-0.1, -0.05) is 10.3 Å². The van der Waals surface area contributed by atoms with Gasteiger partial charge in [-0.25, -0.2) is 0 Å². The van der Waals surface area contributed by atoms with Crippen molar-refractivity contribution in [3.63, 3.8) is 0 Å². The van der Waals surface area contributed by atoms with Gasteiger partial charge >= 0.3 is 6.01 Å². The molecule has 0 bridgehead atoms. The zero-order valence-electron chi connectivity index (χ0n) is 8.23. The van der Waals surface area contributed by atoms with Gasteiger partial charge in [0.1, 0.15) is 12.0 Å². The summed E-state index contributed by atoms with van der Waals surface area (Å²) in [6.07, 6.45) is 1.51. The highest BCUT2D eigenvalue weighted by Crippen LogP contribution is 2.06. The molecule has 0 aliphatic carbocycles. The third-order valence-electron chi connectivity index (χ3n) is 1.71. The summed E-state index contributed by atoms with van der Waals surface area (Å²) < 4.78 is 9.95. The zero-order valence-corrected chi connectivity index (χ0v) is 8.23. The molecule has 0 aromatic carbocycles. The van der Waals surface area contributed by atoms with Crippen LogP contribution >= 0.6 is 0 Å². The predicted octanol–water partition coefficient (Wildman–Crippen LogP) is 0.389. The first-order chi connectivity index (χ1) is 7.38. The van der Waals surface area contributed by atoms with E-state index in [-0.39, 0.29) is 0 Å². The standard InChI is InChI=1S/C8H11N5O2/c1-9-5-7-11-12-8(15-7)10-4-6-2-3-14-13-6/h2-3,9H,4-5H2,1H3,(H,10,12). The Bertz CT molecular complexity index is 397. The molecule has 2 N–H and O–H groups in total. The molecule has 0 saturated carbocycles. The van der Waals surface area contributed by atoms with Gasteiger partial charge in [0.25, 0.3) is 0 Å². The molecule has 7 heteroatoms. The maximum atomic E-state index is 5.27. The Hall–Kier alpha value is -1.89. The van der Waals surface area contributed by atoms with E-state index in [4.69, 9.17) is 4.42 Å². The molecule has 0 aliphatic rings. The van der Waals surface area contributed by atoms with E-state index < -0.39 is 0 Å². The monoisotopic (exact) mass is 209 g/mol. The van der Waals surface area contributed by atoms with E-state index in [1.165, 1.54) is 6.26 Å². The van der Waals surface area contributed by atoms with Gasteiger partial charge < -0.3 is 19.6 Å². The van der Waals surface area contributed by atoms with Gasteiger partial charge in [-0.2, -0.15) is 0 Å². The average molecular weight is 209 g/mol. The number of nitrogens with zero attached hydrogens (tertiary/aromatic N) is 3. The summed E-state index contributed by atoms with van der Waals surface area (Å²) in [6.45, 7) is 1.05. The van der Waals surface area contributed by atoms with Gasteiger partial charge in [0.05, 0.1) is 13.1 Å². The topological polar surface area (TPSA) is 89.0 Å². The molecule has 7 nitrogen and oxygen atoms in total. The lowest BCUT2D eigenvalue weighted by atomic mass is 10.4. The van der Waals surface area contributed by atoms with Gasteiger partial charge in [0, 0.05) is 6.07 Å². The molecule has 15 heavy (non-hydrogen) atoms. The lowest BCUT2D eigenvalue weighted by Crippen LogP contribution is -2.04. The molecule has 0 saturated heterocycles. The average Bonchev–Trinajstić information content (AvgIpc) is 2.85. The first-order valence-electron chi connectivity index (χ1n) is 4.48. The van der Waals surface area contributed by atoms with Crippen LogP contribution in [0, 0.1) is 0 Å². The molecule has 2 aromatic heterocycles. The van der Waals surface area contributed by atoms with E-state index >= 15 is 0 Å². The third kappa shape index (κ3) is 2.53. The van der Waals surface area contributed by atoms with Crippen LogP contribution in [-0.4, -0.2) is 22.4 Å². The van der Waals surface area contributed by atoms with Crippen molar-refractivity contribution < 1.29 is 8.94 Å². The normalized spacial score (nSPS) is 10.5. The molecule has 0 atom stereocenters. The quantitative estimate of drug-likeness (QED) is 0.736. The van der Waals surface area contributed by atoms with E-state index in [2.05, 4.69) is 30.5 Å². The summed E-state index contributed by atoms with van der Waals surface area (Å²) in [5.74, 6) is 0.542. The Morgan fingerprint density at radius 3 is 3.00 bits per heavy atom. The van der Waals surface area contributed by atoms with Crippen molar-refractivity contribution in [1.82, 2.24) is 20.7 Å². The van der Waals surface area contributed by atoms with Crippen LogP contribution in [-0.2, 0) is 13.1 Å². The Balaban J connectivity index is 1.88. The number of nitrogens with one attached hydrogen (secondary N) is 2. The minimum Gasteiger partial charge on any atom is -0.407 e. The third-order valence-corrected chi connectivity index (χ3v) is 1.71. The van der Waals surface area contributed by atoms with Crippen molar-refractivity contribution in [2.75, 3.05) is 12.4 Å². The second-order valence-corrected chi connectivity index (χ2v) is 2.88. The van der Waals surface area contributed by atoms with Crippen LogP contribution in [0.2, 0.25) is 0 Å². The van der Waals surface area contributed by atoms with Gasteiger partial charge in [0.2, 0.25) is 5.89 Å². The Kier molecular flexibility index (Phi) is 2.93. The van der Waals surface area contributed by atoms with E-state index in [0.717, 1.165) is 5.69 Å². The second-order valence-electron chi connectivity index (χ2n) is 2.88. The number of aromatic nitrogens is 3. The first kappa shape index (κ1) is 9.66. The molecule has 0 fully saturated rings. The van der Waals surface area contributed by atoms with Crippen LogP contribution in [0.4, 0.5) is 6.01 Å². The first-order valence-corrected chi connectivity index (χ1v) is 4.48. The fourth-order valence-corrected chi connectivity index (χ4v) is 1.04. The van der Waals surface area contributed by atoms with Gasteiger partial charge in [-0.15, -0.1) is 5.10 Å².